The lowest BCUT2D eigenvalue weighted by Gasteiger charge is -2.01. The maximum atomic E-state index is 10.7. The van der Waals surface area contributed by atoms with Gasteiger partial charge in [-0.2, -0.15) is 0 Å². The Hall–Kier alpha value is -1.03. The minimum absolute atomic E-state index is 0.0301. The minimum atomic E-state index is -0.651. The second-order valence-corrected chi connectivity index (χ2v) is 2.05. The van der Waals surface area contributed by atoms with Crippen LogP contribution in [0, 0.1) is 0 Å². The monoisotopic (exact) mass is 144 g/mol. The molecule has 4 nitrogen and oxygen atoms in total. The van der Waals surface area contributed by atoms with Gasteiger partial charge in [-0.25, -0.2) is 0 Å². The molecule has 0 saturated heterocycles. The van der Waals surface area contributed by atoms with Crippen LogP contribution in [0.1, 0.15) is 6.92 Å². The Morgan fingerprint density at radius 3 is 2.50 bits per heavy atom. The average molecular weight is 144 g/mol. The average Bonchev–Trinajstić information content (AvgIpc) is 2.17. The summed E-state index contributed by atoms with van der Waals surface area (Å²) in [5, 5.41) is 17.3. The first-order valence-electron chi connectivity index (χ1n) is 2.90. The summed E-state index contributed by atoms with van der Waals surface area (Å²) < 4.78 is 4.77. The standard InChI is InChI=1S/C6H8O4/c1-3-5(8)6(9)4(2-7)10-3/h3,7,9H,2H2,1H3. The highest BCUT2D eigenvalue weighted by molar-refractivity contribution is 5.98. The van der Waals surface area contributed by atoms with E-state index in [1.807, 2.05) is 0 Å². The predicted molar refractivity (Wildman–Crippen MR) is 32.3 cm³/mol. The molecule has 0 aromatic carbocycles. The molecular weight excluding hydrogens is 136 g/mol. The van der Waals surface area contributed by atoms with E-state index in [-0.39, 0.29) is 5.76 Å². The van der Waals surface area contributed by atoms with Crippen LogP contribution >= 0.6 is 0 Å². The molecule has 0 saturated carbocycles. The lowest BCUT2D eigenvalue weighted by Crippen LogP contribution is -2.12. The van der Waals surface area contributed by atoms with Crippen molar-refractivity contribution in [1.29, 1.82) is 0 Å². The number of hydrogen-bond donors (Lipinski definition) is 2. The number of carbonyl (C=O) groups excluding carboxylic acids is 1. The zero-order valence-corrected chi connectivity index (χ0v) is 5.50. The smallest absolute Gasteiger partial charge is 0.240 e. The van der Waals surface area contributed by atoms with Crippen LogP contribution in [0.2, 0.25) is 0 Å². The molecule has 56 valence electrons. The van der Waals surface area contributed by atoms with Gasteiger partial charge in [0.05, 0.1) is 0 Å². The van der Waals surface area contributed by atoms with E-state index in [9.17, 15) is 4.79 Å². The SMILES string of the molecule is CC1OC(CO)=C(O)C1=O. The van der Waals surface area contributed by atoms with E-state index in [0.29, 0.717) is 0 Å². The predicted octanol–water partition coefficient (Wildman–Crippen LogP) is -0.264. The highest BCUT2D eigenvalue weighted by atomic mass is 16.5. The van der Waals surface area contributed by atoms with Gasteiger partial charge in [-0.05, 0) is 6.92 Å². The van der Waals surface area contributed by atoms with E-state index in [0.717, 1.165) is 0 Å². The summed E-state index contributed by atoms with van der Waals surface area (Å²) >= 11 is 0. The topological polar surface area (TPSA) is 66.8 Å². The highest BCUT2D eigenvalue weighted by Gasteiger charge is 2.30. The molecule has 1 heterocycles. The summed E-state index contributed by atoms with van der Waals surface area (Å²) in [6.07, 6.45) is -0.651. The Balaban J connectivity index is 2.83. The molecule has 1 aliphatic heterocycles. The fourth-order valence-electron chi connectivity index (χ4n) is 0.765. The van der Waals surface area contributed by atoms with Crippen LogP contribution in [0.25, 0.3) is 0 Å². The van der Waals surface area contributed by atoms with E-state index < -0.39 is 24.3 Å². The molecule has 0 radical (unpaired) electrons. The molecule has 0 bridgehead atoms. The molecule has 0 aromatic heterocycles. The van der Waals surface area contributed by atoms with Crippen molar-refractivity contribution in [2.24, 2.45) is 0 Å². The highest BCUT2D eigenvalue weighted by Crippen LogP contribution is 2.18. The summed E-state index contributed by atoms with van der Waals surface area (Å²) in [5.74, 6) is -0.948. The first kappa shape index (κ1) is 7.08. The van der Waals surface area contributed by atoms with Crippen LogP contribution in [0.4, 0.5) is 0 Å². The maximum absolute atomic E-state index is 10.7. The Kier molecular flexibility index (Phi) is 1.63. The lowest BCUT2D eigenvalue weighted by atomic mass is 10.2. The van der Waals surface area contributed by atoms with E-state index in [4.69, 9.17) is 14.9 Å². The van der Waals surface area contributed by atoms with Gasteiger partial charge in [0.1, 0.15) is 6.61 Å². The Morgan fingerprint density at radius 2 is 2.30 bits per heavy atom. The largest absolute Gasteiger partial charge is 0.502 e. The van der Waals surface area contributed by atoms with Gasteiger partial charge < -0.3 is 14.9 Å². The minimum Gasteiger partial charge on any atom is -0.502 e. The van der Waals surface area contributed by atoms with E-state index >= 15 is 0 Å². The zero-order chi connectivity index (χ0) is 7.72. The quantitative estimate of drug-likeness (QED) is 0.532. The van der Waals surface area contributed by atoms with Gasteiger partial charge in [0, 0.05) is 0 Å². The molecule has 1 atom stereocenters. The van der Waals surface area contributed by atoms with E-state index in [2.05, 4.69) is 0 Å². The number of carbonyl (C=O) groups is 1. The molecule has 4 heteroatoms. The van der Waals surface area contributed by atoms with Gasteiger partial charge >= 0.3 is 0 Å². The van der Waals surface area contributed by atoms with Crippen molar-refractivity contribution in [2.45, 2.75) is 13.0 Å². The summed E-state index contributed by atoms with van der Waals surface area (Å²) in [6, 6.07) is 0. The Labute approximate surface area is 57.7 Å². The number of hydrogen-bond acceptors (Lipinski definition) is 4. The molecule has 2 N–H and O–H groups in total. The lowest BCUT2D eigenvalue weighted by molar-refractivity contribution is -0.122. The number of aliphatic hydroxyl groups excluding tert-OH is 2. The van der Waals surface area contributed by atoms with E-state index in [1.54, 1.807) is 0 Å². The van der Waals surface area contributed by atoms with Gasteiger partial charge in [0.2, 0.25) is 11.5 Å². The summed E-state index contributed by atoms with van der Waals surface area (Å²) in [5.41, 5.74) is 0. The summed E-state index contributed by atoms with van der Waals surface area (Å²) in [4.78, 5) is 10.7. The van der Waals surface area contributed by atoms with Gasteiger partial charge in [-0.15, -0.1) is 0 Å². The molecule has 0 fully saturated rings. The fourth-order valence-corrected chi connectivity index (χ4v) is 0.765. The van der Waals surface area contributed by atoms with Gasteiger partial charge in [-0.3, -0.25) is 4.79 Å². The van der Waals surface area contributed by atoms with Crippen molar-refractivity contribution in [3.63, 3.8) is 0 Å². The summed E-state index contributed by atoms with van der Waals surface area (Å²) in [7, 11) is 0. The van der Waals surface area contributed by atoms with Crippen molar-refractivity contribution in [3.05, 3.63) is 11.5 Å². The van der Waals surface area contributed by atoms with E-state index in [1.165, 1.54) is 6.92 Å². The van der Waals surface area contributed by atoms with Crippen molar-refractivity contribution >= 4 is 5.78 Å². The van der Waals surface area contributed by atoms with Crippen LogP contribution in [0.3, 0.4) is 0 Å². The molecule has 1 unspecified atom stereocenters. The third kappa shape index (κ3) is 0.863. The van der Waals surface area contributed by atoms with Gasteiger partial charge in [0.15, 0.2) is 11.9 Å². The van der Waals surface area contributed by atoms with Crippen molar-refractivity contribution < 1.29 is 19.7 Å². The van der Waals surface area contributed by atoms with Crippen molar-refractivity contribution in [1.82, 2.24) is 0 Å². The molecule has 1 rings (SSSR count). The van der Waals surface area contributed by atoms with Crippen LogP contribution in [0.5, 0.6) is 0 Å². The van der Waals surface area contributed by atoms with Crippen LogP contribution < -0.4 is 0 Å². The molecule has 0 amide bonds. The molecule has 1 aliphatic rings. The number of aliphatic hydroxyl groups is 2. The normalized spacial score (nSPS) is 25.4. The first-order chi connectivity index (χ1) is 4.66. The molecular formula is C6H8O4. The number of ether oxygens (including phenoxy) is 1. The van der Waals surface area contributed by atoms with Crippen LogP contribution in [-0.2, 0) is 9.53 Å². The second kappa shape index (κ2) is 2.30. The van der Waals surface area contributed by atoms with Crippen LogP contribution in [0.15, 0.2) is 11.5 Å². The fraction of sp³-hybridized carbons (Fsp3) is 0.500. The Morgan fingerprint density at radius 1 is 1.70 bits per heavy atom. The molecule has 0 spiro atoms. The third-order valence-electron chi connectivity index (χ3n) is 1.33. The van der Waals surface area contributed by atoms with Crippen molar-refractivity contribution in [2.75, 3.05) is 6.61 Å². The summed E-state index contributed by atoms with van der Waals surface area (Å²) in [6.45, 7) is 1.09. The Bertz CT molecular complexity index is 194. The number of ketones is 1. The van der Waals surface area contributed by atoms with Crippen molar-refractivity contribution in [3.8, 4) is 0 Å². The number of Topliss-reactive ketones (excluding diaryl/α,β-unsaturated/α-hetero) is 1. The third-order valence-corrected chi connectivity index (χ3v) is 1.33. The maximum Gasteiger partial charge on any atom is 0.240 e. The van der Waals surface area contributed by atoms with Gasteiger partial charge in [0.25, 0.3) is 0 Å². The number of rotatable bonds is 1. The van der Waals surface area contributed by atoms with Gasteiger partial charge in [-0.1, -0.05) is 0 Å². The second-order valence-electron chi connectivity index (χ2n) is 2.05. The zero-order valence-electron chi connectivity index (χ0n) is 5.50. The first-order valence-corrected chi connectivity index (χ1v) is 2.90. The molecule has 0 aliphatic carbocycles. The van der Waals surface area contributed by atoms with Crippen LogP contribution in [-0.4, -0.2) is 28.7 Å². The molecule has 0 aromatic rings. The molecule has 10 heavy (non-hydrogen) atoms.